The number of rotatable bonds is 4. The largest absolute Gasteiger partial charge is 0.322 e. The van der Waals surface area contributed by atoms with Crippen molar-refractivity contribution in [3.63, 3.8) is 0 Å². The minimum atomic E-state index is -0.176. The van der Waals surface area contributed by atoms with Crippen LogP contribution in [-0.4, -0.2) is 12.1 Å². The molecule has 0 aliphatic heterocycles. The Balaban J connectivity index is 1.87. The van der Waals surface area contributed by atoms with Crippen LogP contribution in [-0.2, 0) is 0 Å². The first-order chi connectivity index (χ1) is 12.1. The summed E-state index contributed by atoms with van der Waals surface area (Å²) < 4.78 is 0.995. The summed E-state index contributed by atoms with van der Waals surface area (Å²) in [7, 11) is 0. The molecule has 1 amide bonds. The average molecular weight is 393 g/mol. The van der Waals surface area contributed by atoms with Crippen LogP contribution in [0.2, 0.25) is 0 Å². The zero-order chi connectivity index (χ0) is 17.6. The summed E-state index contributed by atoms with van der Waals surface area (Å²) in [5.74, 6) is -0.176. The van der Waals surface area contributed by atoms with Gasteiger partial charge in [0.2, 0.25) is 0 Å². The summed E-state index contributed by atoms with van der Waals surface area (Å²) >= 11 is 3.47. The van der Waals surface area contributed by atoms with Gasteiger partial charge in [-0.1, -0.05) is 52.3 Å². The van der Waals surface area contributed by atoms with Crippen molar-refractivity contribution in [1.29, 1.82) is 0 Å². The number of hydrogen-bond acceptors (Lipinski definition) is 2. The van der Waals surface area contributed by atoms with Crippen molar-refractivity contribution in [3.05, 3.63) is 94.0 Å². The Kier molecular flexibility index (Phi) is 5.41. The number of anilines is 1. The lowest BCUT2D eigenvalue weighted by molar-refractivity contribution is 0.102. The molecular formula is C21H17BrN2O. The van der Waals surface area contributed by atoms with E-state index in [1.54, 1.807) is 12.3 Å². The van der Waals surface area contributed by atoms with Gasteiger partial charge in [-0.05, 0) is 54.4 Å². The molecule has 3 aromatic carbocycles. The molecule has 0 aromatic heterocycles. The van der Waals surface area contributed by atoms with Gasteiger partial charge in [0.15, 0.2) is 0 Å². The van der Waals surface area contributed by atoms with Gasteiger partial charge in [-0.3, -0.25) is 9.79 Å². The van der Waals surface area contributed by atoms with E-state index >= 15 is 0 Å². The summed E-state index contributed by atoms with van der Waals surface area (Å²) in [5.41, 5.74) is 4.06. The molecule has 0 saturated heterocycles. The summed E-state index contributed by atoms with van der Waals surface area (Å²) in [4.78, 5) is 17.1. The molecule has 0 radical (unpaired) electrons. The summed E-state index contributed by atoms with van der Waals surface area (Å²) in [5, 5.41) is 2.90. The molecule has 0 spiro atoms. The van der Waals surface area contributed by atoms with E-state index in [9.17, 15) is 4.79 Å². The highest BCUT2D eigenvalue weighted by Gasteiger charge is 2.10. The molecule has 0 bridgehead atoms. The van der Waals surface area contributed by atoms with Crippen LogP contribution in [0.4, 0.5) is 11.4 Å². The Labute approximate surface area is 155 Å². The number of carbonyl (C=O) groups excluding carboxylic acids is 1. The molecule has 25 heavy (non-hydrogen) atoms. The fourth-order valence-corrected chi connectivity index (χ4v) is 2.77. The molecule has 3 aromatic rings. The van der Waals surface area contributed by atoms with Crippen LogP contribution in [0.5, 0.6) is 0 Å². The van der Waals surface area contributed by atoms with Crippen LogP contribution in [0.25, 0.3) is 0 Å². The SMILES string of the molecule is Cc1ccc(Br)cc1C=Nc1ccccc1C(=O)Nc1ccccc1. The van der Waals surface area contributed by atoms with Crippen molar-refractivity contribution in [2.24, 2.45) is 4.99 Å². The molecule has 0 aliphatic carbocycles. The Morgan fingerprint density at radius 3 is 2.52 bits per heavy atom. The third kappa shape index (κ3) is 4.43. The molecule has 0 unspecified atom stereocenters. The number of aryl methyl sites for hydroxylation is 1. The van der Waals surface area contributed by atoms with Crippen LogP contribution in [0.1, 0.15) is 21.5 Å². The Hall–Kier alpha value is -2.72. The lowest BCUT2D eigenvalue weighted by Gasteiger charge is -2.07. The minimum Gasteiger partial charge on any atom is -0.322 e. The van der Waals surface area contributed by atoms with Crippen LogP contribution < -0.4 is 5.32 Å². The summed E-state index contributed by atoms with van der Waals surface area (Å²) in [6.07, 6.45) is 1.79. The Bertz CT molecular complexity index is 920. The maximum atomic E-state index is 12.6. The van der Waals surface area contributed by atoms with Gasteiger partial charge in [-0.15, -0.1) is 0 Å². The quantitative estimate of drug-likeness (QED) is 0.563. The van der Waals surface area contributed by atoms with Gasteiger partial charge in [-0.25, -0.2) is 0 Å². The number of nitrogens with one attached hydrogen (secondary N) is 1. The molecule has 3 rings (SSSR count). The van der Waals surface area contributed by atoms with Gasteiger partial charge in [0, 0.05) is 16.4 Å². The van der Waals surface area contributed by atoms with Gasteiger partial charge in [0.25, 0.3) is 5.91 Å². The molecule has 0 heterocycles. The first-order valence-corrected chi connectivity index (χ1v) is 8.68. The van der Waals surface area contributed by atoms with Crippen molar-refractivity contribution < 1.29 is 4.79 Å². The van der Waals surface area contributed by atoms with Crippen LogP contribution >= 0.6 is 15.9 Å². The van der Waals surface area contributed by atoms with Gasteiger partial charge in [-0.2, -0.15) is 0 Å². The maximum Gasteiger partial charge on any atom is 0.257 e. The number of halogens is 1. The van der Waals surface area contributed by atoms with Crippen molar-refractivity contribution in [2.75, 3.05) is 5.32 Å². The highest BCUT2D eigenvalue weighted by atomic mass is 79.9. The van der Waals surface area contributed by atoms with Gasteiger partial charge >= 0.3 is 0 Å². The molecule has 4 heteroatoms. The normalized spacial score (nSPS) is 10.8. The molecular weight excluding hydrogens is 376 g/mol. The van der Waals surface area contributed by atoms with E-state index in [0.717, 1.165) is 21.3 Å². The van der Waals surface area contributed by atoms with Crippen LogP contribution in [0, 0.1) is 6.92 Å². The second-order valence-corrected chi connectivity index (χ2v) is 6.51. The second-order valence-electron chi connectivity index (χ2n) is 5.60. The van der Waals surface area contributed by atoms with Crippen molar-refractivity contribution in [1.82, 2.24) is 0 Å². The summed E-state index contributed by atoms with van der Waals surface area (Å²) in [6.45, 7) is 2.03. The van der Waals surface area contributed by atoms with E-state index in [2.05, 4.69) is 26.2 Å². The van der Waals surface area contributed by atoms with E-state index < -0.39 is 0 Å². The molecule has 0 atom stereocenters. The number of aliphatic imine (C=N–C) groups is 1. The van der Waals surface area contributed by atoms with E-state index in [1.165, 1.54) is 0 Å². The topological polar surface area (TPSA) is 41.5 Å². The zero-order valence-corrected chi connectivity index (χ0v) is 15.3. The molecule has 1 N–H and O–H groups in total. The van der Waals surface area contributed by atoms with Crippen LogP contribution in [0.15, 0.2) is 82.3 Å². The summed E-state index contributed by atoms with van der Waals surface area (Å²) in [6, 6.07) is 22.7. The maximum absolute atomic E-state index is 12.6. The van der Waals surface area contributed by atoms with Crippen molar-refractivity contribution in [2.45, 2.75) is 6.92 Å². The predicted octanol–water partition coefficient (Wildman–Crippen LogP) is 5.76. The molecule has 124 valence electrons. The molecule has 0 saturated carbocycles. The number of benzene rings is 3. The lowest BCUT2D eigenvalue weighted by atomic mass is 10.1. The number of hydrogen-bond donors (Lipinski definition) is 1. The van der Waals surface area contributed by atoms with Crippen molar-refractivity contribution >= 4 is 39.4 Å². The Morgan fingerprint density at radius 2 is 1.72 bits per heavy atom. The first-order valence-electron chi connectivity index (χ1n) is 7.89. The highest BCUT2D eigenvalue weighted by molar-refractivity contribution is 9.10. The predicted molar refractivity (Wildman–Crippen MR) is 107 cm³/mol. The average Bonchev–Trinajstić information content (AvgIpc) is 2.63. The van der Waals surface area contributed by atoms with Gasteiger partial charge < -0.3 is 5.32 Å². The molecule has 3 nitrogen and oxygen atoms in total. The Morgan fingerprint density at radius 1 is 1.00 bits per heavy atom. The monoisotopic (exact) mass is 392 g/mol. The zero-order valence-electron chi connectivity index (χ0n) is 13.7. The lowest BCUT2D eigenvalue weighted by Crippen LogP contribution is -2.11. The standard InChI is InChI=1S/C21H17BrN2O/c1-15-11-12-17(22)13-16(15)14-23-20-10-6-5-9-19(20)21(25)24-18-7-3-2-4-8-18/h2-14H,1H3,(H,24,25). The second kappa shape index (κ2) is 7.90. The third-order valence-corrected chi connectivity index (χ3v) is 4.26. The van der Waals surface area contributed by atoms with Crippen LogP contribution in [0.3, 0.4) is 0 Å². The van der Waals surface area contributed by atoms with Gasteiger partial charge in [0.1, 0.15) is 0 Å². The fraction of sp³-hybridized carbons (Fsp3) is 0.0476. The van der Waals surface area contributed by atoms with Gasteiger partial charge in [0.05, 0.1) is 11.3 Å². The third-order valence-electron chi connectivity index (χ3n) is 3.76. The first kappa shape index (κ1) is 17.1. The van der Waals surface area contributed by atoms with E-state index in [0.29, 0.717) is 11.3 Å². The molecule has 0 aliphatic rings. The minimum absolute atomic E-state index is 0.176. The number of para-hydroxylation sites is 2. The van der Waals surface area contributed by atoms with E-state index in [4.69, 9.17) is 0 Å². The van der Waals surface area contributed by atoms with Crippen molar-refractivity contribution in [3.8, 4) is 0 Å². The number of nitrogens with zero attached hydrogens (tertiary/aromatic N) is 1. The number of carbonyl (C=O) groups is 1. The fourth-order valence-electron chi connectivity index (χ4n) is 2.39. The number of amides is 1. The highest BCUT2D eigenvalue weighted by Crippen LogP contribution is 2.21. The molecule has 0 fully saturated rings. The smallest absolute Gasteiger partial charge is 0.257 e. The van der Waals surface area contributed by atoms with E-state index in [-0.39, 0.29) is 5.91 Å². The van der Waals surface area contributed by atoms with E-state index in [1.807, 2.05) is 73.7 Å².